The fourth-order valence-electron chi connectivity index (χ4n) is 4.10. The van der Waals surface area contributed by atoms with E-state index in [2.05, 4.69) is 31.6 Å². The highest BCUT2D eigenvalue weighted by Gasteiger charge is 2.28. The number of halogens is 1. The van der Waals surface area contributed by atoms with Gasteiger partial charge < -0.3 is 15.5 Å². The number of rotatable bonds is 10. The fourth-order valence-corrected chi connectivity index (χ4v) is 5.62. The highest BCUT2D eigenvalue weighted by atomic mass is 79.9. The molecule has 0 bridgehead atoms. The van der Waals surface area contributed by atoms with Gasteiger partial charge in [-0.3, -0.25) is 9.79 Å². The molecule has 0 aromatic heterocycles. The third kappa shape index (κ3) is 6.52. The maximum absolute atomic E-state index is 13.6. The number of amidine groups is 1. The zero-order valence-electron chi connectivity index (χ0n) is 21.5. The Morgan fingerprint density at radius 1 is 0.925 bits per heavy atom. The lowest BCUT2D eigenvalue weighted by Crippen LogP contribution is -2.34. The van der Waals surface area contributed by atoms with E-state index in [4.69, 9.17) is 4.84 Å². The van der Waals surface area contributed by atoms with Gasteiger partial charge in [-0.2, -0.15) is 8.42 Å². The summed E-state index contributed by atoms with van der Waals surface area (Å²) in [5.41, 5.74) is 2.84. The molecule has 204 valence electrons. The molecule has 1 amide bonds. The van der Waals surface area contributed by atoms with Crippen molar-refractivity contribution in [1.29, 1.82) is 0 Å². The number of carbonyl (C=O) groups excluding carboxylic acids is 1. The van der Waals surface area contributed by atoms with E-state index in [1.807, 2.05) is 24.3 Å². The molecule has 1 heterocycles. The predicted octanol–water partition coefficient (Wildman–Crippen LogP) is 4.96. The van der Waals surface area contributed by atoms with Crippen LogP contribution in [-0.4, -0.2) is 39.8 Å². The van der Waals surface area contributed by atoms with Gasteiger partial charge in [-0.05, 0) is 72.6 Å². The van der Waals surface area contributed by atoms with E-state index in [-0.39, 0.29) is 10.8 Å². The molecule has 0 radical (unpaired) electrons. The molecule has 1 aliphatic heterocycles. The lowest BCUT2D eigenvalue weighted by Gasteiger charge is -2.24. The Bertz CT molecular complexity index is 1590. The SMILES string of the molecule is O=C(NCCc1ccc(C2=NCCN2)cc1)c1ccc(S(=O)(=O)N(Oc2ccc(Br)cc2)c2ccccc2)cc1. The van der Waals surface area contributed by atoms with Crippen molar-refractivity contribution >= 4 is 43.4 Å². The number of sulfonamides is 1. The number of amides is 1. The van der Waals surface area contributed by atoms with Crippen LogP contribution < -0.4 is 19.9 Å². The molecule has 8 nitrogen and oxygen atoms in total. The molecule has 0 unspecified atom stereocenters. The molecule has 0 spiro atoms. The molecule has 10 heteroatoms. The summed E-state index contributed by atoms with van der Waals surface area (Å²) in [5, 5.41) is 6.15. The highest BCUT2D eigenvalue weighted by molar-refractivity contribution is 9.10. The summed E-state index contributed by atoms with van der Waals surface area (Å²) < 4.78 is 28.9. The Balaban J connectivity index is 1.24. The van der Waals surface area contributed by atoms with Crippen LogP contribution in [0.3, 0.4) is 0 Å². The minimum absolute atomic E-state index is 0.00791. The van der Waals surface area contributed by atoms with Crippen molar-refractivity contribution in [3.8, 4) is 5.75 Å². The standard InChI is InChI=1S/C30H27BrN4O4S/c31-25-12-14-27(15-13-25)39-35(26-4-2-1-3-5-26)40(37,38)28-16-10-24(11-17-28)30(36)34-19-18-22-6-8-23(9-7-22)29-32-20-21-33-29/h1-17H,18-21H2,(H,32,33)(H,34,36). The Morgan fingerprint density at radius 2 is 1.62 bits per heavy atom. The molecule has 40 heavy (non-hydrogen) atoms. The Labute approximate surface area is 241 Å². The number of benzene rings is 4. The lowest BCUT2D eigenvalue weighted by molar-refractivity contribution is 0.0954. The number of nitrogens with one attached hydrogen (secondary N) is 2. The quantitative estimate of drug-likeness (QED) is 0.245. The first-order valence-corrected chi connectivity index (χ1v) is 14.9. The summed E-state index contributed by atoms with van der Waals surface area (Å²) in [6.45, 7) is 2.10. The van der Waals surface area contributed by atoms with Crippen LogP contribution in [-0.2, 0) is 16.4 Å². The van der Waals surface area contributed by atoms with Crippen molar-refractivity contribution in [3.63, 3.8) is 0 Å². The summed E-state index contributed by atoms with van der Waals surface area (Å²) in [4.78, 5) is 23.0. The molecule has 4 aromatic rings. The number of aliphatic imine (C=N–C) groups is 1. The Hall–Kier alpha value is -4.15. The summed E-state index contributed by atoms with van der Waals surface area (Å²) >= 11 is 3.37. The third-order valence-electron chi connectivity index (χ3n) is 6.20. The maximum atomic E-state index is 13.6. The molecular formula is C30H27BrN4O4S. The average molecular weight is 620 g/mol. The molecular weight excluding hydrogens is 592 g/mol. The van der Waals surface area contributed by atoms with Crippen molar-refractivity contribution in [1.82, 2.24) is 10.6 Å². The molecule has 4 aromatic carbocycles. The number of nitrogens with zero attached hydrogens (tertiary/aromatic N) is 2. The van der Waals surface area contributed by atoms with Crippen molar-refractivity contribution in [3.05, 3.63) is 124 Å². The van der Waals surface area contributed by atoms with Gasteiger partial charge in [0.25, 0.3) is 15.9 Å². The van der Waals surface area contributed by atoms with Crippen molar-refractivity contribution in [2.75, 3.05) is 24.1 Å². The normalized spacial score (nSPS) is 12.8. The first-order valence-electron chi connectivity index (χ1n) is 12.7. The van der Waals surface area contributed by atoms with Crippen LogP contribution in [0.15, 0.2) is 117 Å². The Kier molecular flexibility index (Phi) is 8.47. The summed E-state index contributed by atoms with van der Waals surface area (Å²) in [6, 6.07) is 29.3. The van der Waals surface area contributed by atoms with Crippen LogP contribution in [0.25, 0.3) is 0 Å². The first kappa shape index (κ1) is 27.4. The van der Waals surface area contributed by atoms with E-state index in [0.29, 0.717) is 30.0 Å². The van der Waals surface area contributed by atoms with E-state index < -0.39 is 10.0 Å². The maximum Gasteiger partial charge on any atom is 0.295 e. The number of hydrogen-bond donors (Lipinski definition) is 2. The van der Waals surface area contributed by atoms with Crippen LogP contribution in [0.1, 0.15) is 21.5 Å². The monoisotopic (exact) mass is 618 g/mol. The molecule has 0 saturated carbocycles. The number of para-hydroxylation sites is 1. The first-order chi connectivity index (χ1) is 19.4. The van der Waals surface area contributed by atoms with Gasteiger partial charge in [-0.1, -0.05) is 62.9 Å². The van der Waals surface area contributed by atoms with Gasteiger partial charge >= 0.3 is 0 Å². The van der Waals surface area contributed by atoms with Gasteiger partial charge in [-0.15, -0.1) is 0 Å². The van der Waals surface area contributed by atoms with Crippen LogP contribution in [0.4, 0.5) is 5.69 Å². The molecule has 0 atom stereocenters. The molecule has 1 aliphatic rings. The van der Waals surface area contributed by atoms with Crippen molar-refractivity contribution in [2.45, 2.75) is 11.3 Å². The lowest BCUT2D eigenvalue weighted by atomic mass is 10.1. The fraction of sp³-hybridized carbons (Fsp3) is 0.133. The minimum atomic E-state index is -4.11. The van der Waals surface area contributed by atoms with Crippen LogP contribution in [0, 0.1) is 0 Å². The minimum Gasteiger partial charge on any atom is -0.368 e. The third-order valence-corrected chi connectivity index (χ3v) is 8.32. The van der Waals surface area contributed by atoms with E-state index in [0.717, 1.165) is 39.0 Å². The van der Waals surface area contributed by atoms with E-state index in [9.17, 15) is 13.2 Å². The average Bonchev–Trinajstić information content (AvgIpc) is 3.53. The summed E-state index contributed by atoms with van der Waals surface area (Å²) in [7, 11) is -4.11. The van der Waals surface area contributed by atoms with E-state index in [1.54, 1.807) is 54.6 Å². The van der Waals surface area contributed by atoms with Gasteiger partial charge in [0.1, 0.15) is 5.84 Å². The zero-order valence-corrected chi connectivity index (χ0v) is 23.9. The number of anilines is 1. The molecule has 0 aliphatic carbocycles. The van der Waals surface area contributed by atoms with Crippen molar-refractivity contribution < 1.29 is 18.0 Å². The van der Waals surface area contributed by atoms with Crippen LogP contribution in [0.2, 0.25) is 0 Å². The summed E-state index contributed by atoms with van der Waals surface area (Å²) in [5.74, 6) is 0.985. The van der Waals surface area contributed by atoms with Crippen molar-refractivity contribution in [2.24, 2.45) is 4.99 Å². The van der Waals surface area contributed by atoms with Gasteiger partial charge in [-0.25, -0.2) is 0 Å². The van der Waals surface area contributed by atoms with Crippen LogP contribution >= 0.6 is 15.9 Å². The number of carbonyl (C=O) groups is 1. The van der Waals surface area contributed by atoms with E-state index in [1.165, 1.54) is 24.3 Å². The second-order valence-electron chi connectivity index (χ2n) is 9.00. The molecule has 0 saturated heterocycles. The second kappa shape index (κ2) is 12.4. The molecule has 5 rings (SSSR count). The van der Waals surface area contributed by atoms with Gasteiger partial charge in [0.15, 0.2) is 5.75 Å². The molecule has 2 N–H and O–H groups in total. The van der Waals surface area contributed by atoms with Gasteiger partial charge in [0.05, 0.1) is 17.1 Å². The van der Waals surface area contributed by atoms with Crippen LogP contribution in [0.5, 0.6) is 5.75 Å². The molecule has 0 fully saturated rings. The summed E-state index contributed by atoms with van der Waals surface area (Å²) in [6.07, 6.45) is 0.665. The number of hydrogen-bond acceptors (Lipinski definition) is 6. The predicted molar refractivity (Wildman–Crippen MR) is 159 cm³/mol. The Morgan fingerprint density at radius 3 is 2.27 bits per heavy atom. The topological polar surface area (TPSA) is 100 Å². The zero-order chi connectivity index (χ0) is 28.0. The van der Waals surface area contributed by atoms with Gasteiger partial charge in [0, 0.05) is 28.7 Å². The van der Waals surface area contributed by atoms with E-state index >= 15 is 0 Å². The van der Waals surface area contributed by atoms with Gasteiger partial charge in [0.2, 0.25) is 0 Å². The second-order valence-corrected chi connectivity index (χ2v) is 11.7. The smallest absolute Gasteiger partial charge is 0.295 e. The largest absolute Gasteiger partial charge is 0.368 e. The highest BCUT2D eigenvalue weighted by Crippen LogP contribution is 2.27.